The second-order valence-corrected chi connectivity index (χ2v) is 8.61. The molecule has 30 heavy (non-hydrogen) atoms. The number of hydrogen-bond acceptors (Lipinski definition) is 7. The van der Waals surface area contributed by atoms with Crippen LogP contribution >= 0.6 is 23.1 Å². The molecule has 1 aromatic carbocycles. The number of hydrogen-bond donors (Lipinski definition) is 2. The zero-order chi connectivity index (χ0) is 20.6. The highest BCUT2D eigenvalue weighted by Gasteiger charge is 2.10. The van der Waals surface area contributed by atoms with Crippen molar-refractivity contribution >= 4 is 45.9 Å². The van der Waals surface area contributed by atoms with Crippen molar-refractivity contribution in [2.75, 3.05) is 17.6 Å². The van der Waals surface area contributed by atoms with Gasteiger partial charge in [-0.3, -0.25) is 4.79 Å². The first kappa shape index (κ1) is 20.4. The summed E-state index contributed by atoms with van der Waals surface area (Å²) in [4.78, 5) is 22.0. The molecule has 0 atom stereocenters. The van der Waals surface area contributed by atoms with Crippen LogP contribution in [0.5, 0.6) is 0 Å². The van der Waals surface area contributed by atoms with Gasteiger partial charge >= 0.3 is 0 Å². The monoisotopic (exact) mass is 438 g/mol. The van der Waals surface area contributed by atoms with Crippen LogP contribution in [0.2, 0.25) is 0 Å². The van der Waals surface area contributed by atoms with E-state index in [-0.39, 0.29) is 5.91 Å². The van der Waals surface area contributed by atoms with Crippen LogP contribution in [-0.2, 0) is 23.6 Å². The Kier molecular flexibility index (Phi) is 6.94. The summed E-state index contributed by atoms with van der Waals surface area (Å²) < 4.78 is 1.80. The summed E-state index contributed by atoms with van der Waals surface area (Å²) in [7, 11) is 0. The molecule has 0 aliphatic heterocycles. The molecule has 0 bridgehead atoms. The van der Waals surface area contributed by atoms with Crippen molar-refractivity contribution in [3.63, 3.8) is 0 Å². The average Bonchev–Trinajstić information content (AvgIpc) is 3.43. The van der Waals surface area contributed by atoms with Crippen molar-refractivity contribution in [1.82, 2.24) is 25.1 Å². The maximum Gasteiger partial charge on any atom is 0.230 e. The third-order valence-electron chi connectivity index (χ3n) is 4.43. The summed E-state index contributed by atoms with van der Waals surface area (Å²) in [5, 5.41) is 13.6. The zero-order valence-electron chi connectivity index (χ0n) is 16.3. The molecule has 154 valence electrons. The number of benzene rings is 1. The van der Waals surface area contributed by atoms with E-state index in [0.29, 0.717) is 25.4 Å². The molecule has 7 nitrogen and oxygen atoms in total. The van der Waals surface area contributed by atoms with Gasteiger partial charge in [0.2, 0.25) is 5.91 Å². The van der Waals surface area contributed by atoms with Gasteiger partial charge in [-0.15, -0.1) is 23.1 Å². The van der Waals surface area contributed by atoms with Crippen molar-refractivity contribution < 1.29 is 4.79 Å². The van der Waals surface area contributed by atoms with E-state index in [9.17, 15) is 4.79 Å². The fourth-order valence-corrected chi connectivity index (χ4v) is 4.43. The molecule has 3 aromatic heterocycles. The molecule has 0 saturated carbocycles. The number of rotatable bonds is 10. The maximum absolute atomic E-state index is 12.1. The molecule has 4 rings (SSSR count). The van der Waals surface area contributed by atoms with E-state index in [0.717, 1.165) is 22.6 Å². The lowest BCUT2D eigenvalue weighted by Crippen LogP contribution is -2.29. The van der Waals surface area contributed by atoms with Crippen LogP contribution in [-0.4, -0.2) is 38.0 Å². The molecule has 4 aromatic rings. The Labute approximate surface area is 182 Å². The first-order valence-corrected chi connectivity index (χ1v) is 11.6. The predicted molar refractivity (Wildman–Crippen MR) is 123 cm³/mol. The largest absolute Gasteiger partial charge is 0.364 e. The van der Waals surface area contributed by atoms with Gasteiger partial charge in [-0.2, -0.15) is 5.10 Å². The third-order valence-corrected chi connectivity index (χ3v) is 6.31. The minimum Gasteiger partial charge on any atom is -0.364 e. The van der Waals surface area contributed by atoms with Gasteiger partial charge in [0.25, 0.3) is 0 Å². The Hall–Kier alpha value is -2.91. The Morgan fingerprint density at radius 2 is 2.03 bits per heavy atom. The van der Waals surface area contributed by atoms with Gasteiger partial charge in [0.1, 0.15) is 12.1 Å². The van der Waals surface area contributed by atoms with Crippen LogP contribution in [0.25, 0.3) is 11.0 Å². The minimum atomic E-state index is 0.0281. The van der Waals surface area contributed by atoms with Crippen LogP contribution in [0.4, 0.5) is 5.82 Å². The second kappa shape index (κ2) is 10.2. The smallest absolute Gasteiger partial charge is 0.230 e. The van der Waals surface area contributed by atoms with E-state index < -0.39 is 0 Å². The van der Waals surface area contributed by atoms with Crippen molar-refractivity contribution in [3.8, 4) is 0 Å². The fourth-order valence-electron chi connectivity index (χ4n) is 2.97. The summed E-state index contributed by atoms with van der Waals surface area (Å²) in [5.41, 5.74) is 1.98. The number of thioether (sulfide) groups is 1. The summed E-state index contributed by atoms with van der Waals surface area (Å²) in [6.07, 6.45) is 3.31. The summed E-state index contributed by atoms with van der Waals surface area (Å²) in [6.45, 7) is 1.77. The predicted octanol–water partition coefficient (Wildman–Crippen LogP) is 3.55. The van der Waals surface area contributed by atoms with Gasteiger partial charge in [0, 0.05) is 17.2 Å². The number of fused-ring (bicyclic) bond motifs is 1. The fraction of sp³-hybridized carbons (Fsp3) is 0.238. The van der Waals surface area contributed by atoms with E-state index in [1.807, 2.05) is 24.3 Å². The molecule has 1 amide bonds. The quantitative estimate of drug-likeness (QED) is 0.394. The van der Waals surface area contributed by atoms with Gasteiger partial charge in [-0.25, -0.2) is 14.6 Å². The number of carbonyl (C=O) groups is 1. The highest BCUT2D eigenvalue weighted by Crippen LogP contribution is 2.20. The van der Waals surface area contributed by atoms with E-state index in [2.05, 4.69) is 49.3 Å². The lowest BCUT2D eigenvalue weighted by Gasteiger charge is -2.07. The van der Waals surface area contributed by atoms with Crippen LogP contribution in [0.15, 0.2) is 60.4 Å². The van der Waals surface area contributed by atoms with E-state index in [1.165, 1.54) is 16.8 Å². The Morgan fingerprint density at radius 3 is 2.87 bits per heavy atom. The van der Waals surface area contributed by atoms with Crippen LogP contribution < -0.4 is 10.6 Å². The molecule has 0 radical (unpaired) electrons. The summed E-state index contributed by atoms with van der Waals surface area (Å²) in [5.74, 6) is 2.06. The third kappa shape index (κ3) is 5.37. The lowest BCUT2D eigenvalue weighted by atomic mass is 10.2. The Balaban J connectivity index is 1.26. The molecule has 0 saturated heterocycles. The number of nitrogens with one attached hydrogen (secondary N) is 2. The maximum atomic E-state index is 12.1. The van der Waals surface area contributed by atoms with Crippen molar-refractivity contribution in [2.24, 2.45) is 0 Å². The number of thiophene rings is 1. The number of aromatic nitrogens is 4. The first-order valence-electron chi connectivity index (χ1n) is 9.61. The molecule has 0 aliphatic carbocycles. The van der Waals surface area contributed by atoms with Gasteiger partial charge in [0.05, 0.1) is 30.4 Å². The molecule has 0 aliphatic rings. The lowest BCUT2D eigenvalue weighted by molar-refractivity contribution is -0.118. The average molecular weight is 439 g/mol. The van der Waals surface area contributed by atoms with Crippen LogP contribution in [0.1, 0.15) is 10.4 Å². The highest BCUT2D eigenvalue weighted by atomic mass is 32.2. The van der Waals surface area contributed by atoms with Gasteiger partial charge in [0.15, 0.2) is 5.65 Å². The standard InChI is InChI=1S/C21H22N6OS2/c28-19(14-29-13-16-5-2-1-3-6-16)22-8-9-27-21-18(12-26-27)20(24-15-25-21)23-11-17-7-4-10-30-17/h1-7,10,12,15H,8-9,11,13-14H2,(H,22,28)(H,23,24,25). The summed E-state index contributed by atoms with van der Waals surface area (Å²) in [6, 6.07) is 14.3. The molecular formula is C21H22N6OS2. The topological polar surface area (TPSA) is 84.7 Å². The van der Waals surface area contributed by atoms with Crippen LogP contribution in [0, 0.1) is 0 Å². The second-order valence-electron chi connectivity index (χ2n) is 6.59. The van der Waals surface area contributed by atoms with Crippen molar-refractivity contribution in [3.05, 3.63) is 70.8 Å². The number of carbonyl (C=O) groups excluding carboxylic acids is 1. The molecule has 9 heteroatoms. The Morgan fingerprint density at radius 1 is 1.13 bits per heavy atom. The van der Waals surface area contributed by atoms with E-state index >= 15 is 0 Å². The molecular weight excluding hydrogens is 416 g/mol. The van der Waals surface area contributed by atoms with Gasteiger partial charge < -0.3 is 10.6 Å². The van der Waals surface area contributed by atoms with E-state index in [1.54, 1.807) is 34.0 Å². The zero-order valence-corrected chi connectivity index (χ0v) is 18.0. The van der Waals surface area contributed by atoms with Crippen molar-refractivity contribution in [1.29, 1.82) is 0 Å². The van der Waals surface area contributed by atoms with Crippen molar-refractivity contribution in [2.45, 2.75) is 18.8 Å². The normalized spacial score (nSPS) is 10.9. The minimum absolute atomic E-state index is 0.0281. The van der Waals surface area contributed by atoms with Gasteiger partial charge in [-0.1, -0.05) is 36.4 Å². The summed E-state index contributed by atoms with van der Waals surface area (Å²) >= 11 is 3.31. The van der Waals surface area contributed by atoms with E-state index in [4.69, 9.17) is 0 Å². The number of anilines is 1. The molecule has 3 heterocycles. The number of amides is 1. The first-order chi connectivity index (χ1) is 14.8. The molecule has 2 N–H and O–H groups in total. The highest BCUT2D eigenvalue weighted by molar-refractivity contribution is 7.99. The molecule has 0 spiro atoms. The number of nitrogens with zero attached hydrogens (tertiary/aromatic N) is 4. The van der Waals surface area contributed by atoms with Gasteiger partial charge in [-0.05, 0) is 17.0 Å². The molecule has 0 fully saturated rings. The van der Waals surface area contributed by atoms with Crippen LogP contribution in [0.3, 0.4) is 0 Å². The Bertz CT molecular complexity index is 1080. The molecule has 0 unspecified atom stereocenters. The SMILES string of the molecule is O=C(CSCc1ccccc1)NCCn1ncc2c(NCc3cccs3)ncnc21.